The Hall–Kier alpha value is -1.12. The molecule has 0 bridgehead atoms. The minimum absolute atomic E-state index is 0.186. The van der Waals surface area contributed by atoms with Crippen LogP contribution in [0.15, 0.2) is 12.1 Å². The summed E-state index contributed by atoms with van der Waals surface area (Å²) in [7, 11) is 0. The zero-order valence-electron chi connectivity index (χ0n) is 20.6. The van der Waals surface area contributed by atoms with Crippen LogP contribution in [0.1, 0.15) is 128 Å². The standard InChI is InChI=1S/C29H46F2O/c1-3-5-7-9-19-32-29-27(30)20-26(21-28(29)31)25-17-15-24(16-18-25)23-13-11-22(12-14-23)10-8-6-4-2/h20-25H,3-19H2,1-2H3. The first-order valence-electron chi connectivity index (χ1n) is 13.7. The number of ether oxygens (including phenoxy) is 1. The van der Waals surface area contributed by atoms with E-state index in [9.17, 15) is 8.78 Å². The summed E-state index contributed by atoms with van der Waals surface area (Å²) in [5.41, 5.74) is 0.830. The van der Waals surface area contributed by atoms with Crippen molar-refractivity contribution in [1.82, 2.24) is 0 Å². The van der Waals surface area contributed by atoms with Crippen molar-refractivity contribution < 1.29 is 13.5 Å². The lowest BCUT2D eigenvalue weighted by atomic mass is 9.68. The third-order valence-electron chi connectivity index (χ3n) is 8.28. The van der Waals surface area contributed by atoms with Crippen LogP contribution in [0, 0.1) is 29.4 Å². The Morgan fingerprint density at radius 2 is 1.28 bits per heavy atom. The van der Waals surface area contributed by atoms with Gasteiger partial charge < -0.3 is 4.74 Å². The van der Waals surface area contributed by atoms with Gasteiger partial charge in [-0.3, -0.25) is 0 Å². The Labute approximate surface area is 195 Å². The van der Waals surface area contributed by atoms with Gasteiger partial charge >= 0.3 is 0 Å². The van der Waals surface area contributed by atoms with Crippen molar-refractivity contribution in [1.29, 1.82) is 0 Å². The smallest absolute Gasteiger partial charge is 0.190 e. The third kappa shape index (κ3) is 7.45. The largest absolute Gasteiger partial charge is 0.488 e. The van der Waals surface area contributed by atoms with E-state index in [2.05, 4.69) is 13.8 Å². The zero-order valence-corrected chi connectivity index (χ0v) is 20.6. The Morgan fingerprint density at radius 3 is 1.88 bits per heavy atom. The number of unbranched alkanes of at least 4 members (excludes halogenated alkanes) is 5. The highest BCUT2D eigenvalue weighted by Gasteiger charge is 2.31. The van der Waals surface area contributed by atoms with E-state index < -0.39 is 11.6 Å². The monoisotopic (exact) mass is 448 g/mol. The van der Waals surface area contributed by atoms with Gasteiger partial charge in [0, 0.05) is 0 Å². The summed E-state index contributed by atoms with van der Waals surface area (Å²) in [6.45, 7) is 4.82. The number of halogens is 2. The SMILES string of the molecule is CCCCCCOc1c(F)cc(C2CCC(C3CCC(CCCCC)CC3)CC2)cc1F. The minimum Gasteiger partial charge on any atom is -0.488 e. The molecule has 32 heavy (non-hydrogen) atoms. The lowest BCUT2D eigenvalue weighted by Crippen LogP contribution is -2.25. The molecule has 0 spiro atoms. The van der Waals surface area contributed by atoms with Crippen LogP contribution in [0.3, 0.4) is 0 Å². The topological polar surface area (TPSA) is 9.23 Å². The average molecular weight is 449 g/mol. The molecule has 182 valence electrons. The maximum Gasteiger partial charge on any atom is 0.190 e. The molecule has 0 heterocycles. The van der Waals surface area contributed by atoms with Crippen LogP contribution < -0.4 is 4.74 Å². The molecule has 1 nitrogen and oxygen atoms in total. The summed E-state index contributed by atoms with van der Waals surface area (Å²) in [6, 6.07) is 3.08. The molecule has 0 saturated heterocycles. The molecule has 2 aliphatic rings. The van der Waals surface area contributed by atoms with Crippen LogP contribution in [-0.4, -0.2) is 6.61 Å². The molecule has 0 aromatic heterocycles. The summed E-state index contributed by atoms with van der Waals surface area (Å²) < 4.78 is 34.6. The summed E-state index contributed by atoms with van der Waals surface area (Å²) >= 11 is 0. The van der Waals surface area contributed by atoms with Gasteiger partial charge in [-0.2, -0.15) is 0 Å². The van der Waals surface area contributed by atoms with Gasteiger partial charge in [0.2, 0.25) is 0 Å². The first-order chi connectivity index (χ1) is 15.6. The van der Waals surface area contributed by atoms with Gasteiger partial charge in [-0.1, -0.05) is 71.6 Å². The lowest BCUT2D eigenvalue weighted by molar-refractivity contribution is 0.155. The van der Waals surface area contributed by atoms with Crippen molar-refractivity contribution in [2.75, 3.05) is 6.61 Å². The van der Waals surface area contributed by atoms with Gasteiger partial charge in [0.05, 0.1) is 6.61 Å². The number of hydrogen-bond acceptors (Lipinski definition) is 1. The molecule has 3 heteroatoms. The molecule has 1 aromatic carbocycles. The molecule has 3 rings (SSSR count). The molecular weight excluding hydrogens is 402 g/mol. The van der Waals surface area contributed by atoms with E-state index in [4.69, 9.17) is 4.74 Å². The molecule has 0 atom stereocenters. The normalized spacial score (nSPS) is 26.2. The van der Waals surface area contributed by atoms with Crippen molar-refractivity contribution in [3.63, 3.8) is 0 Å². The first kappa shape index (κ1) is 25.5. The third-order valence-corrected chi connectivity index (χ3v) is 8.28. The second-order valence-corrected chi connectivity index (χ2v) is 10.6. The van der Waals surface area contributed by atoms with Crippen LogP contribution in [0.4, 0.5) is 8.78 Å². The summed E-state index contributed by atoms with van der Waals surface area (Å²) in [6.07, 6.45) is 19.9. The average Bonchev–Trinajstić information content (AvgIpc) is 2.81. The van der Waals surface area contributed by atoms with Crippen LogP contribution in [-0.2, 0) is 0 Å². The second-order valence-electron chi connectivity index (χ2n) is 10.6. The van der Waals surface area contributed by atoms with Crippen molar-refractivity contribution >= 4 is 0 Å². The van der Waals surface area contributed by atoms with Gasteiger partial charge in [-0.25, -0.2) is 8.78 Å². The van der Waals surface area contributed by atoms with Crippen molar-refractivity contribution in [2.45, 2.75) is 122 Å². The fourth-order valence-electron chi connectivity index (χ4n) is 6.21. The fourth-order valence-corrected chi connectivity index (χ4v) is 6.21. The number of hydrogen-bond donors (Lipinski definition) is 0. The first-order valence-corrected chi connectivity index (χ1v) is 13.7. The fraction of sp³-hybridized carbons (Fsp3) is 0.793. The molecule has 2 fully saturated rings. The van der Waals surface area contributed by atoms with E-state index >= 15 is 0 Å². The van der Waals surface area contributed by atoms with Crippen LogP contribution >= 0.6 is 0 Å². The number of benzene rings is 1. The van der Waals surface area contributed by atoms with E-state index in [0.717, 1.165) is 61.8 Å². The van der Waals surface area contributed by atoms with Gasteiger partial charge in [0.1, 0.15) is 0 Å². The van der Waals surface area contributed by atoms with E-state index in [1.807, 2.05) is 0 Å². The van der Waals surface area contributed by atoms with E-state index in [1.165, 1.54) is 76.3 Å². The Morgan fingerprint density at radius 1 is 0.719 bits per heavy atom. The highest BCUT2D eigenvalue weighted by molar-refractivity contribution is 5.33. The molecular formula is C29H46F2O. The maximum absolute atomic E-state index is 14.6. The predicted molar refractivity (Wildman–Crippen MR) is 130 cm³/mol. The summed E-state index contributed by atoms with van der Waals surface area (Å²) in [4.78, 5) is 0. The van der Waals surface area contributed by atoms with Gasteiger partial charge in [0.15, 0.2) is 17.4 Å². The highest BCUT2D eigenvalue weighted by atomic mass is 19.1. The van der Waals surface area contributed by atoms with Crippen molar-refractivity contribution in [3.8, 4) is 5.75 Å². The minimum atomic E-state index is -0.529. The lowest BCUT2D eigenvalue weighted by Gasteiger charge is -2.38. The molecule has 0 aliphatic heterocycles. The Kier molecular flexibility index (Phi) is 10.8. The quantitative estimate of drug-likeness (QED) is 0.289. The predicted octanol–water partition coefficient (Wildman–Crippen LogP) is 9.58. The van der Waals surface area contributed by atoms with Gasteiger partial charge in [0.25, 0.3) is 0 Å². The van der Waals surface area contributed by atoms with Crippen molar-refractivity contribution in [2.24, 2.45) is 17.8 Å². The van der Waals surface area contributed by atoms with Crippen molar-refractivity contribution in [3.05, 3.63) is 29.3 Å². The van der Waals surface area contributed by atoms with E-state index in [0.29, 0.717) is 12.5 Å². The molecule has 0 unspecified atom stereocenters. The summed E-state index contributed by atoms with van der Waals surface area (Å²) in [5.74, 6) is 1.72. The van der Waals surface area contributed by atoms with Crippen LogP contribution in [0.25, 0.3) is 0 Å². The molecule has 0 amide bonds. The summed E-state index contributed by atoms with van der Waals surface area (Å²) in [5, 5.41) is 0. The van der Waals surface area contributed by atoms with E-state index in [1.54, 1.807) is 0 Å². The maximum atomic E-state index is 14.6. The van der Waals surface area contributed by atoms with Crippen LogP contribution in [0.5, 0.6) is 5.75 Å². The molecule has 0 radical (unpaired) electrons. The molecule has 2 saturated carbocycles. The van der Waals surface area contributed by atoms with Crippen LogP contribution in [0.2, 0.25) is 0 Å². The Bertz CT molecular complexity index is 634. The molecule has 2 aliphatic carbocycles. The Balaban J connectivity index is 1.44. The molecule has 1 aromatic rings. The second kappa shape index (κ2) is 13.6. The molecule has 0 N–H and O–H groups in total. The highest BCUT2D eigenvalue weighted by Crippen LogP contribution is 2.45. The van der Waals surface area contributed by atoms with E-state index in [-0.39, 0.29) is 5.75 Å². The van der Waals surface area contributed by atoms with Gasteiger partial charge in [-0.05, 0) is 86.3 Å². The van der Waals surface area contributed by atoms with Gasteiger partial charge in [-0.15, -0.1) is 0 Å². The zero-order chi connectivity index (χ0) is 22.8. The number of rotatable bonds is 12.